The molecule has 1 heterocycles. The van der Waals surface area contributed by atoms with Gasteiger partial charge in [0, 0.05) is 31.1 Å². The largest absolute Gasteiger partial charge is 0.496 e. The number of amides is 1. The molecule has 0 radical (unpaired) electrons. The van der Waals surface area contributed by atoms with Crippen molar-refractivity contribution in [3.63, 3.8) is 0 Å². The van der Waals surface area contributed by atoms with E-state index in [4.69, 9.17) is 4.74 Å². The van der Waals surface area contributed by atoms with Crippen LogP contribution in [0.2, 0.25) is 0 Å². The second kappa shape index (κ2) is 8.34. The lowest BCUT2D eigenvalue weighted by molar-refractivity contribution is 0.0950. The molecule has 1 aliphatic heterocycles. The maximum atomic E-state index is 12.6. The highest BCUT2D eigenvalue weighted by molar-refractivity contribution is 5.94. The van der Waals surface area contributed by atoms with Gasteiger partial charge in [-0.1, -0.05) is 44.2 Å². The van der Waals surface area contributed by atoms with Gasteiger partial charge >= 0.3 is 0 Å². The molecule has 26 heavy (non-hydrogen) atoms. The summed E-state index contributed by atoms with van der Waals surface area (Å²) in [4.78, 5) is 12.6. The van der Waals surface area contributed by atoms with Crippen LogP contribution < -0.4 is 20.9 Å². The Morgan fingerprint density at radius 2 is 1.92 bits per heavy atom. The molecule has 0 bridgehead atoms. The molecule has 1 saturated heterocycles. The molecule has 3 rings (SSSR count). The van der Waals surface area contributed by atoms with Crippen LogP contribution in [0.15, 0.2) is 42.5 Å². The van der Waals surface area contributed by atoms with Gasteiger partial charge in [0.1, 0.15) is 5.75 Å². The number of hydrogen-bond acceptors (Lipinski definition) is 4. The highest BCUT2D eigenvalue weighted by Gasteiger charge is 2.21. The smallest absolute Gasteiger partial charge is 0.251 e. The number of hydrazine groups is 1. The van der Waals surface area contributed by atoms with Crippen molar-refractivity contribution in [3.05, 3.63) is 64.7 Å². The van der Waals surface area contributed by atoms with Gasteiger partial charge in [0.15, 0.2) is 0 Å². The predicted octanol–water partition coefficient (Wildman–Crippen LogP) is 2.94. The second-order valence-corrected chi connectivity index (χ2v) is 6.95. The lowest BCUT2D eigenvalue weighted by Crippen LogP contribution is -2.23. The Labute approximate surface area is 155 Å². The Kier molecular flexibility index (Phi) is 5.91. The van der Waals surface area contributed by atoms with Crippen molar-refractivity contribution in [2.45, 2.75) is 32.2 Å². The van der Waals surface area contributed by atoms with Crippen molar-refractivity contribution >= 4 is 5.91 Å². The Balaban J connectivity index is 1.72. The van der Waals surface area contributed by atoms with Crippen molar-refractivity contribution in [2.24, 2.45) is 0 Å². The maximum absolute atomic E-state index is 12.6. The van der Waals surface area contributed by atoms with Gasteiger partial charge in [0.25, 0.3) is 5.91 Å². The molecule has 2 aromatic rings. The molecule has 1 aliphatic rings. The van der Waals surface area contributed by atoms with Crippen LogP contribution in [0.3, 0.4) is 0 Å². The number of ether oxygens (including phenoxy) is 1. The summed E-state index contributed by atoms with van der Waals surface area (Å²) in [6.07, 6.45) is 0. The highest BCUT2D eigenvalue weighted by atomic mass is 16.5. The van der Waals surface area contributed by atoms with E-state index >= 15 is 0 Å². The normalized spacial score (nSPS) is 14.6. The first kappa shape index (κ1) is 18.4. The van der Waals surface area contributed by atoms with Crippen molar-refractivity contribution in [3.8, 4) is 5.75 Å². The van der Waals surface area contributed by atoms with Gasteiger partial charge in [-0.2, -0.15) is 0 Å². The monoisotopic (exact) mass is 353 g/mol. The van der Waals surface area contributed by atoms with Gasteiger partial charge in [-0.3, -0.25) is 15.6 Å². The Morgan fingerprint density at radius 1 is 1.19 bits per heavy atom. The zero-order chi connectivity index (χ0) is 18.5. The number of hydrogen-bond donors (Lipinski definition) is 3. The van der Waals surface area contributed by atoms with E-state index in [0.29, 0.717) is 23.9 Å². The molecular formula is C21H27N3O2. The number of nitrogens with one attached hydrogen (secondary N) is 3. The molecule has 0 aliphatic carbocycles. The lowest BCUT2D eigenvalue weighted by atomic mass is 9.96. The number of rotatable bonds is 6. The first-order chi connectivity index (χ1) is 12.6. The third kappa shape index (κ3) is 4.06. The number of benzene rings is 2. The standard InChI is InChI=1S/C21H27N3O2/c1-14(2)18-7-5-4-6-16(18)11-22-21(25)15-8-9-19(20(10-15)26-3)17-12-23-24-13-17/h4-10,14,17,23-24H,11-13H2,1-3H3,(H,22,25). The van der Waals surface area contributed by atoms with E-state index in [1.54, 1.807) is 7.11 Å². The van der Waals surface area contributed by atoms with Crippen LogP contribution in [-0.4, -0.2) is 26.1 Å². The van der Waals surface area contributed by atoms with Crippen molar-refractivity contribution in [1.29, 1.82) is 0 Å². The van der Waals surface area contributed by atoms with Crippen LogP contribution in [0.5, 0.6) is 5.75 Å². The van der Waals surface area contributed by atoms with Gasteiger partial charge in [0.05, 0.1) is 7.11 Å². The summed E-state index contributed by atoms with van der Waals surface area (Å²) >= 11 is 0. The molecule has 1 amide bonds. The van der Waals surface area contributed by atoms with Crippen LogP contribution in [0.1, 0.15) is 52.7 Å². The molecule has 1 fully saturated rings. The third-order valence-corrected chi connectivity index (χ3v) is 4.87. The molecule has 5 nitrogen and oxygen atoms in total. The van der Waals surface area contributed by atoms with E-state index in [9.17, 15) is 4.79 Å². The fourth-order valence-electron chi connectivity index (χ4n) is 3.41. The van der Waals surface area contributed by atoms with E-state index in [2.05, 4.69) is 42.1 Å². The van der Waals surface area contributed by atoms with Crippen LogP contribution in [0, 0.1) is 0 Å². The average molecular weight is 353 g/mol. The summed E-state index contributed by atoms with van der Waals surface area (Å²) in [6.45, 7) is 6.56. The van der Waals surface area contributed by atoms with Gasteiger partial charge in [-0.05, 0) is 34.7 Å². The van der Waals surface area contributed by atoms with Crippen molar-refractivity contribution in [2.75, 3.05) is 20.2 Å². The SMILES string of the molecule is COc1cc(C(=O)NCc2ccccc2C(C)C)ccc1C1CNNC1. The fraction of sp³-hybridized carbons (Fsp3) is 0.381. The van der Waals surface area contributed by atoms with Gasteiger partial charge < -0.3 is 10.1 Å². The minimum Gasteiger partial charge on any atom is -0.496 e. The van der Waals surface area contributed by atoms with Crippen LogP contribution >= 0.6 is 0 Å². The van der Waals surface area contributed by atoms with Crippen LogP contribution in [-0.2, 0) is 6.54 Å². The van der Waals surface area contributed by atoms with E-state index in [1.165, 1.54) is 5.56 Å². The van der Waals surface area contributed by atoms with E-state index in [1.807, 2.05) is 30.3 Å². The molecule has 0 atom stereocenters. The fourth-order valence-corrected chi connectivity index (χ4v) is 3.41. The van der Waals surface area contributed by atoms with Crippen LogP contribution in [0.25, 0.3) is 0 Å². The second-order valence-electron chi connectivity index (χ2n) is 6.95. The topological polar surface area (TPSA) is 62.4 Å². The Hall–Kier alpha value is -2.37. The van der Waals surface area contributed by atoms with E-state index < -0.39 is 0 Å². The van der Waals surface area contributed by atoms with E-state index in [-0.39, 0.29) is 5.91 Å². The first-order valence-corrected chi connectivity index (χ1v) is 9.09. The zero-order valence-corrected chi connectivity index (χ0v) is 15.6. The first-order valence-electron chi connectivity index (χ1n) is 9.09. The molecule has 138 valence electrons. The quantitative estimate of drug-likeness (QED) is 0.747. The molecule has 2 aromatic carbocycles. The molecular weight excluding hydrogens is 326 g/mol. The Morgan fingerprint density at radius 3 is 2.62 bits per heavy atom. The number of carbonyl (C=O) groups excluding carboxylic acids is 1. The molecule has 3 N–H and O–H groups in total. The van der Waals surface area contributed by atoms with Gasteiger partial charge in [-0.25, -0.2) is 0 Å². The molecule has 0 unspecified atom stereocenters. The Bertz CT molecular complexity index is 768. The maximum Gasteiger partial charge on any atom is 0.251 e. The average Bonchev–Trinajstić information content (AvgIpc) is 3.20. The van der Waals surface area contributed by atoms with Crippen LogP contribution in [0.4, 0.5) is 0 Å². The van der Waals surface area contributed by atoms with Crippen molar-refractivity contribution < 1.29 is 9.53 Å². The van der Waals surface area contributed by atoms with E-state index in [0.717, 1.165) is 30.0 Å². The molecule has 5 heteroatoms. The van der Waals surface area contributed by atoms with Crippen molar-refractivity contribution in [1.82, 2.24) is 16.2 Å². The highest BCUT2D eigenvalue weighted by Crippen LogP contribution is 2.28. The number of methoxy groups -OCH3 is 1. The van der Waals surface area contributed by atoms with Gasteiger partial charge in [-0.15, -0.1) is 0 Å². The summed E-state index contributed by atoms with van der Waals surface area (Å²) < 4.78 is 5.53. The summed E-state index contributed by atoms with van der Waals surface area (Å²) in [7, 11) is 1.65. The molecule has 0 aromatic heterocycles. The summed E-state index contributed by atoms with van der Waals surface area (Å²) in [5, 5.41) is 3.03. The summed E-state index contributed by atoms with van der Waals surface area (Å²) in [6, 6.07) is 13.9. The minimum atomic E-state index is -0.0870. The lowest BCUT2D eigenvalue weighted by Gasteiger charge is -2.16. The summed E-state index contributed by atoms with van der Waals surface area (Å²) in [5.41, 5.74) is 10.4. The predicted molar refractivity (Wildman–Crippen MR) is 103 cm³/mol. The molecule has 0 saturated carbocycles. The summed E-state index contributed by atoms with van der Waals surface area (Å²) in [5.74, 6) is 1.45. The van der Waals surface area contributed by atoms with Gasteiger partial charge in [0.2, 0.25) is 0 Å². The molecule has 0 spiro atoms. The minimum absolute atomic E-state index is 0.0870. The third-order valence-electron chi connectivity index (χ3n) is 4.87. The zero-order valence-electron chi connectivity index (χ0n) is 15.6. The number of carbonyl (C=O) groups is 1.